The predicted molar refractivity (Wildman–Crippen MR) is 131 cm³/mol. The number of carbonyl (C=O) groups is 1. The summed E-state index contributed by atoms with van der Waals surface area (Å²) < 4.78 is 7.30. The molecule has 0 unspecified atom stereocenters. The van der Waals surface area contributed by atoms with E-state index >= 15 is 0 Å². The number of carbonyl (C=O) groups excluding carboxylic acids is 1. The van der Waals surface area contributed by atoms with Crippen LogP contribution in [-0.2, 0) is 11.2 Å². The number of nitrogens with zero attached hydrogens (tertiary/aromatic N) is 1. The van der Waals surface area contributed by atoms with Gasteiger partial charge in [-0.2, -0.15) is 5.26 Å². The summed E-state index contributed by atoms with van der Waals surface area (Å²) >= 11 is 7.07. The smallest absolute Gasteiger partial charge is 0.266 e. The monoisotopic (exact) mass is 538 g/mol. The molecule has 1 N–H and O–H groups in total. The van der Waals surface area contributed by atoms with Gasteiger partial charge in [0.15, 0.2) is 0 Å². The van der Waals surface area contributed by atoms with Crippen LogP contribution in [0.25, 0.3) is 6.08 Å². The van der Waals surface area contributed by atoms with Gasteiger partial charge in [-0.1, -0.05) is 56.1 Å². The lowest BCUT2D eigenvalue weighted by Crippen LogP contribution is -2.13. The lowest BCUT2D eigenvalue weighted by atomic mass is 9.98. The zero-order chi connectivity index (χ0) is 22.2. The summed E-state index contributed by atoms with van der Waals surface area (Å²) in [6, 6.07) is 22.9. The largest absolute Gasteiger partial charge is 0.494 e. The van der Waals surface area contributed by atoms with Crippen LogP contribution in [-0.4, -0.2) is 12.5 Å². The number of hydrogen-bond acceptors (Lipinski definition) is 3. The molecule has 0 saturated heterocycles. The Balaban J connectivity index is 1.86. The first kappa shape index (κ1) is 22.8. The fourth-order valence-corrected chi connectivity index (χ4v) is 3.82. The second-order valence-corrected chi connectivity index (χ2v) is 8.46. The Bertz CT molecular complexity index is 1150. The van der Waals surface area contributed by atoms with Crippen LogP contribution in [0.15, 0.2) is 81.2 Å². The Morgan fingerprint density at radius 3 is 2.48 bits per heavy atom. The first-order chi connectivity index (χ1) is 15.0. The van der Waals surface area contributed by atoms with E-state index < -0.39 is 5.91 Å². The molecule has 3 aromatic rings. The van der Waals surface area contributed by atoms with Gasteiger partial charge in [0.05, 0.1) is 6.61 Å². The van der Waals surface area contributed by atoms with Gasteiger partial charge in [-0.3, -0.25) is 4.79 Å². The average molecular weight is 540 g/mol. The third kappa shape index (κ3) is 6.30. The van der Waals surface area contributed by atoms with Crippen molar-refractivity contribution in [3.63, 3.8) is 0 Å². The summed E-state index contributed by atoms with van der Waals surface area (Å²) in [6.45, 7) is 2.48. The SMILES string of the molecule is CCOc1ccc(NC(=O)/C(C#N)=C/c2cc(Br)ccc2Cc2ccccc2Br)cc1. The normalized spacial score (nSPS) is 11.0. The molecule has 0 fully saturated rings. The first-order valence-electron chi connectivity index (χ1n) is 9.68. The highest BCUT2D eigenvalue weighted by Crippen LogP contribution is 2.25. The summed E-state index contributed by atoms with van der Waals surface area (Å²) in [6.07, 6.45) is 2.29. The molecule has 0 aromatic heterocycles. The highest BCUT2D eigenvalue weighted by Gasteiger charge is 2.12. The average Bonchev–Trinajstić information content (AvgIpc) is 2.76. The van der Waals surface area contributed by atoms with Crippen LogP contribution in [0.1, 0.15) is 23.6 Å². The van der Waals surface area contributed by atoms with Crippen molar-refractivity contribution in [2.75, 3.05) is 11.9 Å². The van der Waals surface area contributed by atoms with Gasteiger partial charge in [-0.15, -0.1) is 0 Å². The van der Waals surface area contributed by atoms with Crippen molar-refractivity contribution < 1.29 is 9.53 Å². The molecule has 0 bridgehead atoms. The Morgan fingerprint density at radius 1 is 1.06 bits per heavy atom. The third-order valence-corrected chi connectivity index (χ3v) is 5.80. The third-order valence-electron chi connectivity index (χ3n) is 4.53. The van der Waals surface area contributed by atoms with Crippen LogP contribution in [0.2, 0.25) is 0 Å². The van der Waals surface area contributed by atoms with Crippen LogP contribution in [0.3, 0.4) is 0 Å². The quantitative estimate of drug-likeness (QED) is 0.267. The number of anilines is 1. The fourth-order valence-electron chi connectivity index (χ4n) is 3.01. The molecule has 31 heavy (non-hydrogen) atoms. The van der Waals surface area contributed by atoms with Gasteiger partial charge >= 0.3 is 0 Å². The molecule has 1 amide bonds. The van der Waals surface area contributed by atoms with Crippen molar-refractivity contribution >= 4 is 49.5 Å². The molecular weight excluding hydrogens is 520 g/mol. The van der Waals surface area contributed by atoms with Crippen LogP contribution in [0.4, 0.5) is 5.69 Å². The van der Waals surface area contributed by atoms with Crippen molar-refractivity contribution in [2.24, 2.45) is 0 Å². The van der Waals surface area contributed by atoms with E-state index in [1.54, 1.807) is 30.3 Å². The summed E-state index contributed by atoms with van der Waals surface area (Å²) in [5, 5.41) is 12.4. The second-order valence-electron chi connectivity index (χ2n) is 6.69. The number of halogens is 2. The number of rotatable bonds is 7. The number of benzene rings is 3. The van der Waals surface area contributed by atoms with E-state index in [1.165, 1.54) is 0 Å². The standard InChI is InChI=1S/C25H20Br2N2O2/c1-2-31-23-11-9-22(10-12-23)29-25(30)20(16-28)14-19-15-21(26)8-7-17(19)13-18-5-3-4-6-24(18)27/h3-12,14-15H,2,13H2,1H3,(H,29,30)/b20-14+. The van der Waals surface area contributed by atoms with E-state index in [9.17, 15) is 10.1 Å². The van der Waals surface area contributed by atoms with Gasteiger partial charge in [0, 0.05) is 14.6 Å². The van der Waals surface area contributed by atoms with Crippen molar-refractivity contribution in [3.8, 4) is 11.8 Å². The first-order valence-corrected chi connectivity index (χ1v) is 11.3. The van der Waals surface area contributed by atoms with Crippen LogP contribution >= 0.6 is 31.9 Å². The van der Waals surface area contributed by atoms with Gasteiger partial charge in [0.2, 0.25) is 0 Å². The molecular formula is C25H20Br2N2O2. The summed E-state index contributed by atoms with van der Waals surface area (Å²) in [5.41, 5.74) is 3.56. The van der Waals surface area contributed by atoms with E-state index in [2.05, 4.69) is 37.2 Å². The molecule has 0 aliphatic rings. The molecule has 3 aromatic carbocycles. The zero-order valence-corrected chi connectivity index (χ0v) is 20.0. The Hall–Kier alpha value is -2.88. The molecule has 0 aliphatic heterocycles. The molecule has 0 saturated carbocycles. The van der Waals surface area contributed by atoms with Gasteiger partial charge in [-0.05, 0) is 78.6 Å². The van der Waals surface area contributed by atoms with Crippen molar-refractivity contribution in [2.45, 2.75) is 13.3 Å². The molecule has 0 aliphatic carbocycles. The fraction of sp³-hybridized carbons (Fsp3) is 0.120. The van der Waals surface area contributed by atoms with E-state index in [-0.39, 0.29) is 5.57 Å². The molecule has 3 rings (SSSR count). The zero-order valence-electron chi connectivity index (χ0n) is 16.9. The summed E-state index contributed by atoms with van der Waals surface area (Å²) in [7, 11) is 0. The molecule has 6 heteroatoms. The van der Waals surface area contributed by atoms with Gasteiger partial charge in [-0.25, -0.2) is 0 Å². The minimum Gasteiger partial charge on any atom is -0.494 e. The van der Waals surface area contributed by atoms with Crippen LogP contribution in [0.5, 0.6) is 5.75 Å². The molecule has 0 radical (unpaired) electrons. The topological polar surface area (TPSA) is 62.1 Å². The van der Waals surface area contributed by atoms with Crippen molar-refractivity contribution in [1.29, 1.82) is 5.26 Å². The number of nitrogens with one attached hydrogen (secondary N) is 1. The van der Waals surface area contributed by atoms with Gasteiger partial charge in [0.1, 0.15) is 17.4 Å². The highest BCUT2D eigenvalue weighted by atomic mass is 79.9. The maximum absolute atomic E-state index is 12.7. The second kappa shape index (κ2) is 10.9. The van der Waals surface area contributed by atoms with Crippen LogP contribution < -0.4 is 10.1 Å². The minimum atomic E-state index is -0.460. The maximum atomic E-state index is 12.7. The Labute approximate surface area is 198 Å². The molecule has 4 nitrogen and oxygen atoms in total. The van der Waals surface area contributed by atoms with E-state index in [0.29, 0.717) is 18.7 Å². The van der Waals surface area contributed by atoms with Crippen molar-refractivity contribution in [1.82, 2.24) is 0 Å². The predicted octanol–water partition coefficient (Wildman–Crippen LogP) is 6.75. The van der Waals surface area contributed by atoms with Crippen molar-refractivity contribution in [3.05, 3.63) is 97.9 Å². The number of amides is 1. The number of nitriles is 1. The van der Waals surface area contributed by atoms with E-state index in [1.807, 2.05) is 55.5 Å². The Morgan fingerprint density at radius 2 is 1.81 bits per heavy atom. The minimum absolute atomic E-state index is 0.0281. The van der Waals surface area contributed by atoms with Gasteiger partial charge < -0.3 is 10.1 Å². The van der Waals surface area contributed by atoms with E-state index in [4.69, 9.17) is 4.74 Å². The van der Waals surface area contributed by atoms with E-state index in [0.717, 1.165) is 31.4 Å². The summed E-state index contributed by atoms with van der Waals surface area (Å²) in [5.74, 6) is 0.265. The van der Waals surface area contributed by atoms with Gasteiger partial charge in [0.25, 0.3) is 5.91 Å². The molecule has 0 spiro atoms. The van der Waals surface area contributed by atoms with Crippen LogP contribution in [0, 0.1) is 11.3 Å². The summed E-state index contributed by atoms with van der Waals surface area (Å²) in [4.78, 5) is 12.7. The maximum Gasteiger partial charge on any atom is 0.266 e. The number of ether oxygens (including phenoxy) is 1. The number of hydrogen-bond donors (Lipinski definition) is 1. The lowest BCUT2D eigenvalue weighted by molar-refractivity contribution is -0.112. The molecule has 0 atom stereocenters. The molecule has 0 heterocycles. The highest BCUT2D eigenvalue weighted by molar-refractivity contribution is 9.10. The lowest BCUT2D eigenvalue weighted by Gasteiger charge is -2.10. The molecule has 156 valence electrons. The Kier molecular flexibility index (Phi) is 8.05.